The predicted molar refractivity (Wildman–Crippen MR) is 102 cm³/mol. The highest BCUT2D eigenvalue weighted by atomic mass is 19.4. The molecule has 7 nitrogen and oxygen atoms in total. The van der Waals surface area contributed by atoms with Crippen LogP contribution in [0.25, 0.3) is 16.8 Å². The number of aryl methyl sites for hydroxylation is 1. The van der Waals surface area contributed by atoms with Crippen molar-refractivity contribution in [1.29, 1.82) is 0 Å². The lowest BCUT2D eigenvalue weighted by atomic mass is 10.1. The van der Waals surface area contributed by atoms with Gasteiger partial charge in [-0.05, 0) is 12.5 Å². The van der Waals surface area contributed by atoms with Crippen LogP contribution in [-0.4, -0.2) is 51.7 Å². The Morgan fingerprint density at radius 3 is 2.50 bits per heavy atom. The number of hydrogen-bond acceptors (Lipinski definition) is 4. The number of ether oxygens (including phenoxy) is 1. The molecule has 0 aliphatic carbocycles. The van der Waals surface area contributed by atoms with Crippen molar-refractivity contribution in [3.8, 4) is 11.1 Å². The van der Waals surface area contributed by atoms with Crippen LogP contribution in [0.4, 0.5) is 13.2 Å². The van der Waals surface area contributed by atoms with E-state index in [1.54, 1.807) is 23.1 Å². The quantitative estimate of drug-likeness (QED) is 0.706. The number of rotatable bonds is 3. The van der Waals surface area contributed by atoms with Gasteiger partial charge >= 0.3 is 6.18 Å². The summed E-state index contributed by atoms with van der Waals surface area (Å²) < 4.78 is 47.1. The van der Waals surface area contributed by atoms with Crippen LogP contribution in [0.1, 0.15) is 17.0 Å². The normalized spacial score (nSPS) is 15.0. The number of carbonyl (C=O) groups is 1. The maximum atomic E-state index is 13.7. The molecule has 3 heterocycles. The first-order chi connectivity index (χ1) is 14.3. The van der Waals surface area contributed by atoms with Gasteiger partial charge in [-0.25, -0.2) is 9.50 Å². The molecular weight excluding hydrogens is 401 g/mol. The summed E-state index contributed by atoms with van der Waals surface area (Å²) in [6.07, 6.45) is -4.95. The largest absolute Gasteiger partial charge is 0.433 e. The Bertz CT molecular complexity index is 1150. The highest BCUT2D eigenvalue weighted by Crippen LogP contribution is 2.38. The van der Waals surface area contributed by atoms with E-state index in [0.29, 0.717) is 26.3 Å². The molecule has 4 rings (SSSR count). The molecule has 1 aromatic carbocycles. The predicted octanol–water partition coefficient (Wildman–Crippen LogP) is 2.42. The molecular formula is C20H19F3N4O3. The molecule has 30 heavy (non-hydrogen) atoms. The Labute approximate surface area is 169 Å². The van der Waals surface area contributed by atoms with Gasteiger partial charge in [-0.15, -0.1) is 0 Å². The van der Waals surface area contributed by atoms with E-state index in [0.717, 1.165) is 4.52 Å². The molecule has 1 fully saturated rings. The number of nitrogens with one attached hydrogen (secondary N) is 1. The van der Waals surface area contributed by atoms with Gasteiger partial charge in [-0.3, -0.25) is 14.7 Å². The number of fused-ring (bicyclic) bond motifs is 1. The molecule has 2 aromatic heterocycles. The van der Waals surface area contributed by atoms with Crippen molar-refractivity contribution in [2.45, 2.75) is 19.5 Å². The van der Waals surface area contributed by atoms with E-state index >= 15 is 0 Å². The van der Waals surface area contributed by atoms with Crippen LogP contribution >= 0.6 is 0 Å². The summed E-state index contributed by atoms with van der Waals surface area (Å²) in [6, 6.07) is 7.95. The Balaban J connectivity index is 1.85. The number of halogens is 3. The van der Waals surface area contributed by atoms with Crippen molar-refractivity contribution < 1.29 is 22.7 Å². The Kier molecular flexibility index (Phi) is 5.10. The number of hydrogen-bond donors (Lipinski definition) is 1. The zero-order valence-electron chi connectivity index (χ0n) is 16.1. The average molecular weight is 420 g/mol. The molecule has 1 saturated heterocycles. The summed E-state index contributed by atoms with van der Waals surface area (Å²) in [6.45, 7) is 3.17. The topological polar surface area (TPSA) is 79.7 Å². The van der Waals surface area contributed by atoms with E-state index in [-0.39, 0.29) is 40.4 Å². The number of carbonyl (C=O) groups excluding carboxylic acids is 1. The number of morpholine rings is 1. The van der Waals surface area contributed by atoms with E-state index in [9.17, 15) is 22.8 Å². The standard InChI is InChI=1S/C20H19F3N4O3/c1-12-14(11-15(28)26-7-9-30-10-8-26)19(29)27-18(24-12)16(13-5-3-2-4-6-13)17(25-27)20(21,22)23/h2-6,25H,7-11H2,1H3. The van der Waals surface area contributed by atoms with Crippen LogP contribution in [-0.2, 0) is 22.1 Å². The number of nitrogens with zero attached hydrogens (tertiary/aromatic N) is 3. The molecule has 1 aliphatic heterocycles. The summed E-state index contributed by atoms with van der Waals surface area (Å²) in [5.41, 5.74) is -1.52. The van der Waals surface area contributed by atoms with Crippen molar-refractivity contribution in [2.75, 3.05) is 26.3 Å². The molecule has 158 valence electrons. The molecule has 1 amide bonds. The maximum absolute atomic E-state index is 13.7. The Morgan fingerprint density at radius 2 is 1.87 bits per heavy atom. The fourth-order valence-corrected chi connectivity index (χ4v) is 3.58. The van der Waals surface area contributed by atoms with Gasteiger partial charge in [0.1, 0.15) is 5.69 Å². The number of amides is 1. The first-order valence-electron chi connectivity index (χ1n) is 9.39. The smallest absolute Gasteiger partial charge is 0.378 e. The third-order valence-corrected chi connectivity index (χ3v) is 5.12. The lowest BCUT2D eigenvalue weighted by Crippen LogP contribution is -2.42. The van der Waals surface area contributed by atoms with Crippen LogP contribution in [0, 0.1) is 6.92 Å². The number of aromatic amines is 1. The average Bonchev–Trinajstić information content (AvgIpc) is 3.12. The lowest BCUT2D eigenvalue weighted by Gasteiger charge is -2.26. The molecule has 3 aromatic rings. The van der Waals surface area contributed by atoms with Crippen LogP contribution in [0.5, 0.6) is 0 Å². The third-order valence-electron chi connectivity index (χ3n) is 5.12. The zero-order chi connectivity index (χ0) is 21.5. The van der Waals surface area contributed by atoms with Crippen LogP contribution in [0.2, 0.25) is 0 Å². The van der Waals surface area contributed by atoms with Gasteiger partial charge in [0.25, 0.3) is 5.56 Å². The summed E-state index contributed by atoms with van der Waals surface area (Å²) >= 11 is 0. The van der Waals surface area contributed by atoms with E-state index in [2.05, 4.69) is 10.1 Å². The van der Waals surface area contributed by atoms with Crippen molar-refractivity contribution in [3.05, 3.63) is 57.6 Å². The van der Waals surface area contributed by atoms with Gasteiger partial charge < -0.3 is 9.64 Å². The number of aromatic nitrogens is 3. The summed E-state index contributed by atoms with van der Waals surface area (Å²) in [4.78, 5) is 31.4. The monoisotopic (exact) mass is 420 g/mol. The minimum absolute atomic E-state index is 0.0681. The van der Waals surface area contributed by atoms with E-state index < -0.39 is 17.4 Å². The SMILES string of the molecule is Cc1nc2c(-c3ccccc3)c(C(F)(F)F)[nH]n2c(=O)c1CC(=O)N1CCOCC1. The molecule has 0 unspecified atom stereocenters. The maximum Gasteiger partial charge on any atom is 0.433 e. The molecule has 0 saturated carbocycles. The Morgan fingerprint density at radius 1 is 1.20 bits per heavy atom. The molecule has 10 heteroatoms. The lowest BCUT2D eigenvalue weighted by molar-refractivity contribution is -0.140. The summed E-state index contributed by atoms with van der Waals surface area (Å²) in [5, 5.41) is 2.16. The van der Waals surface area contributed by atoms with E-state index in [4.69, 9.17) is 4.74 Å². The molecule has 0 bridgehead atoms. The second-order valence-electron chi connectivity index (χ2n) is 7.04. The van der Waals surface area contributed by atoms with Crippen LogP contribution in [0.3, 0.4) is 0 Å². The van der Waals surface area contributed by atoms with Gasteiger partial charge in [0, 0.05) is 24.3 Å². The van der Waals surface area contributed by atoms with Gasteiger partial charge in [-0.1, -0.05) is 30.3 Å². The van der Waals surface area contributed by atoms with Crippen LogP contribution in [0.15, 0.2) is 35.1 Å². The first kappa shape index (κ1) is 20.1. The minimum Gasteiger partial charge on any atom is -0.378 e. The van der Waals surface area contributed by atoms with Crippen molar-refractivity contribution in [1.82, 2.24) is 19.5 Å². The first-order valence-corrected chi connectivity index (χ1v) is 9.39. The Hall–Kier alpha value is -3.14. The number of alkyl halides is 3. The van der Waals surface area contributed by atoms with Crippen LogP contribution < -0.4 is 5.56 Å². The highest BCUT2D eigenvalue weighted by molar-refractivity contribution is 5.82. The van der Waals surface area contributed by atoms with Crippen molar-refractivity contribution in [2.24, 2.45) is 0 Å². The fourth-order valence-electron chi connectivity index (χ4n) is 3.58. The van der Waals surface area contributed by atoms with Gasteiger partial charge in [0.05, 0.1) is 25.2 Å². The second-order valence-corrected chi connectivity index (χ2v) is 7.04. The molecule has 0 radical (unpaired) electrons. The van der Waals surface area contributed by atoms with Gasteiger partial charge in [-0.2, -0.15) is 13.2 Å². The molecule has 1 N–H and O–H groups in total. The molecule has 0 spiro atoms. The van der Waals surface area contributed by atoms with Crippen molar-refractivity contribution in [3.63, 3.8) is 0 Å². The number of benzene rings is 1. The van der Waals surface area contributed by atoms with Crippen molar-refractivity contribution >= 4 is 11.6 Å². The third kappa shape index (κ3) is 3.58. The van der Waals surface area contributed by atoms with E-state index in [1.807, 2.05) is 0 Å². The van der Waals surface area contributed by atoms with Gasteiger partial charge in [0.15, 0.2) is 5.65 Å². The molecule has 1 aliphatic rings. The molecule has 0 atom stereocenters. The highest BCUT2D eigenvalue weighted by Gasteiger charge is 2.38. The fraction of sp³-hybridized carbons (Fsp3) is 0.350. The number of H-pyrrole nitrogens is 1. The summed E-state index contributed by atoms with van der Waals surface area (Å²) in [7, 11) is 0. The summed E-state index contributed by atoms with van der Waals surface area (Å²) in [5.74, 6) is -0.286. The second kappa shape index (κ2) is 7.60. The van der Waals surface area contributed by atoms with E-state index in [1.165, 1.54) is 19.1 Å². The van der Waals surface area contributed by atoms with Gasteiger partial charge in [0.2, 0.25) is 5.91 Å². The minimum atomic E-state index is -4.72. The zero-order valence-corrected chi connectivity index (χ0v) is 16.1.